The molecule has 0 radical (unpaired) electrons. The standard InChI is InChI=1S/C22H20F3N9/c1-2-17(16(33-27)10-28-14-6-4-3-5-7-14)34-11-15(18-19(26)31-12-32-20(18)34)13-8-29-21(30-9-13)22(23,24)25/h3-12,17,27-28H,2H2,1H3,(H2,26,31,32)/b16-10-,33-27?. The number of hydrogen-bond donors (Lipinski definition) is 3. The predicted octanol–water partition coefficient (Wildman–Crippen LogP) is 5.42. The zero-order valence-electron chi connectivity index (χ0n) is 18.0. The van der Waals surface area contributed by atoms with Gasteiger partial charge in [-0.3, -0.25) is 0 Å². The fourth-order valence-electron chi connectivity index (χ4n) is 3.62. The van der Waals surface area contributed by atoms with Crippen LogP contribution in [-0.4, -0.2) is 24.5 Å². The van der Waals surface area contributed by atoms with Crippen molar-refractivity contribution >= 4 is 22.5 Å². The molecule has 0 aliphatic rings. The van der Waals surface area contributed by atoms with Gasteiger partial charge in [0, 0.05) is 41.6 Å². The molecule has 4 N–H and O–H groups in total. The summed E-state index contributed by atoms with van der Waals surface area (Å²) in [7, 11) is 0. The molecule has 0 fully saturated rings. The van der Waals surface area contributed by atoms with Crippen LogP contribution in [0.2, 0.25) is 0 Å². The maximum Gasteiger partial charge on any atom is 0.451 e. The number of nitrogens with one attached hydrogen (secondary N) is 2. The molecule has 1 unspecified atom stereocenters. The minimum absolute atomic E-state index is 0.157. The highest BCUT2D eigenvalue weighted by Crippen LogP contribution is 2.37. The van der Waals surface area contributed by atoms with Gasteiger partial charge in [0.05, 0.1) is 11.4 Å². The van der Waals surface area contributed by atoms with Crippen molar-refractivity contribution in [3.05, 3.63) is 73.0 Å². The normalized spacial score (nSPS) is 13.1. The number of hydrogen-bond acceptors (Lipinski definition) is 8. The molecule has 0 aliphatic carbocycles. The Kier molecular flexibility index (Phi) is 6.21. The van der Waals surface area contributed by atoms with Crippen LogP contribution in [0.5, 0.6) is 0 Å². The van der Waals surface area contributed by atoms with Crippen molar-refractivity contribution < 1.29 is 13.2 Å². The van der Waals surface area contributed by atoms with E-state index in [1.54, 1.807) is 17.0 Å². The first-order valence-electron chi connectivity index (χ1n) is 10.2. The zero-order chi connectivity index (χ0) is 24.3. The van der Waals surface area contributed by atoms with Crippen molar-refractivity contribution in [2.24, 2.45) is 5.11 Å². The minimum Gasteiger partial charge on any atom is -0.383 e. The van der Waals surface area contributed by atoms with Crippen LogP contribution in [-0.2, 0) is 6.18 Å². The van der Waals surface area contributed by atoms with Crippen LogP contribution >= 0.6 is 0 Å². The van der Waals surface area contributed by atoms with Crippen LogP contribution in [0.3, 0.4) is 0 Å². The molecule has 12 heteroatoms. The number of nitrogen functional groups attached to an aromatic ring is 1. The summed E-state index contributed by atoms with van der Waals surface area (Å²) >= 11 is 0. The lowest BCUT2D eigenvalue weighted by molar-refractivity contribution is -0.144. The molecule has 9 nitrogen and oxygen atoms in total. The number of para-hydroxylation sites is 1. The SMILES string of the molecule is CCC(/C(=C/Nc1ccccc1)N=N)n1cc(-c2cnc(C(F)(F)F)nc2)c2c(N)ncnc21. The smallest absolute Gasteiger partial charge is 0.383 e. The summed E-state index contributed by atoms with van der Waals surface area (Å²) in [5.74, 6) is -1.08. The van der Waals surface area contributed by atoms with Gasteiger partial charge in [-0.2, -0.15) is 18.3 Å². The number of alkyl halides is 3. The average Bonchev–Trinajstić information content (AvgIpc) is 3.22. The van der Waals surface area contributed by atoms with Crippen molar-refractivity contribution in [2.75, 3.05) is 11.1 Å². The summed E-state index contributed by atoms with van der Waals surface area (Å²) in [5, 5.41) is 7.28. The maximum atomic E-state index is 12.9. The third-order valence-electron chi connectivity index (χ3n) is 5.21. The Balaban J connectivity index is 1.81. The number of nitrogens with two attached hydrogens (primary N) is 1. The summed E-state index contributed by atoms with van der Waals surface area (Å²) < 4.78 is 40.5. The Morgan fingerprint density at radius 3 is 2.50 bits per heavy atom. The van der Waals surface area contributed by atoms with Gasteiger partial charge in [-0.15, -0.1) is 0 Å². The number of allylic oxidation sites excluding steroid dienone is 1. The average molecular weight is 467 g/mol. The third-order valence-corrected chi connectivity index (χ3v) is 5.21. The topological polar surface area (TPSA) is 131 Å². The molecule has 0 amide bonds. The van der Waals surface area contributed by atoms with E-state index in [1.807, 2.05) is 37.3 Å². The Bertz CT molecular complexity index is 1330. The van der Waals surface area contributed by atoms with Crippen molar-refractivity contribution in [3.63, 3.8) is 0 Å². The van der Waals surface area contributed by atoms with Gasteiger partial charge < -0.3 is 15.6 Å². The molecule has 0 bridgehead atoms. The summed E-state index contributed by atoms with van der Waals surface area (Å²) in [4.78, 5) is 15.3. The number of rotatable bonds is 7. The zero-order valence-corrected chi connectivity index (χ0v) is 18.0. The van der Waals surface area contributed by atoms with E-state index < -0.39 is 18.0 Å². The van der Waals surface area contributed by atoms with E-state index in [2.05, 4.69) is 30.4 Å². The minimum atomic E-state index is -4.65. The summed E-state index contributed by atoms with van der Waals surface area (Å²) in [6, 6.07) is 8.98. The maximum absolute atomic E-state index is 12.9. The quantitative estimate of drug-likeness (QED) is 0.311. The molecule has 1 aromatic carbocycles. The van der Waals surface area contributed by atoms with Crippen molar-refractivity contribution in [1.29, 1.82) is 5.53 Å². The van der Waals surface area contributed by atoms with Gasteiger partial charge in [0.2, 0.25) is 5.82 Å². The second-order valence-electron chi connectivity index (χ2n) is 7.32. The van der Waals surface area contributed by atoms with E-state index in [0.29, 0.717) is 34.3 Å². The number of halogens is 3. The van der Waals surface area contributed by atoms with Gasteiger partial charge in [-0.25, -0.2) is 25.5 Å². The summed E-state index contributed by atoms with van der Waals surface area (Å²) in [6.45, 7) is 1.92. The Morgan fingerprint density at radius 2 is 1.88 bits per heavy atom. The molecular formula is C22H20F3N9. The molecule has 3 aromatic heterocycles. The first kappa shape index (κ1) is 22.8. The molecule has 34 heavy (non-hydrogen) atoms. The van der Waals surface area contributed by atoms with E-state index in [0.717, 1.165) is 18.1 Å². The highest BCUT2D eigenvalue weighted by Gasteiger charge is 2.34. The van der Waals surface area contributed by atoms with Gasteiger partial charge in [0.1, 0.15) is 23.5 Å². The number of fused-ring (bicyclic) bond motifs is 1. The second kappa shape index (κ2) is 9.25. The van der Waals surface area contributed by atoms with E-state index in [-0.39, 0.29) is 5.82 Å². The Hall–Kier alpha value is -4.35. The molecule has 0 spiro atoms. The molecule has 174 valence electrons. The fraction of sp³-hybridized carbons (Fsp3) is 0.182. The van der Waals surface area contributed by atoms with Crippen molar-refractivity contribution in [3.8, 4) is 11.1 Å². The fourth-order valence-corrected chi connectivity index (χ4v) is 3.62. The van der Waals surface area contributed by atoms with Gasteiger partial charge in [0.25, 0.3) is 0 Å². The lowest BCUT2D eigenvalue weighted by Crippen LogP contribution is -2.11. The highest BCUT2D eigenvalue weighted by atomic mass is 19.4. The monoisotopic (exact) mass is 467 g/mol. The Labute approximate surface area is 192 Å². The first-order valence-corrected chi connectivity index (χ1v) is 10.2. The van der Waals surface area contributed by atoms with E-state index >= 15 is 0 Å². The molecule has 4 aromatic rings. The van der Waals surface area contributed by atoms with Crippen LogP contribution < -0.4 is 11.1 Å². The van der Waals surface area contributed by atoms with E-state index in [4.69, 9.17) is 11.3 Å². The second-order valence-corrected chi connectivity index (χ2v) is 7.32. The van der Waals surface area contributed by atoms with Crippen molar-refractivity contribution in [1.82, 2.24) is 24.5 Å². The molecular weight excluding hydrogens is 447 g/mol. The van der Waals surface area contributed by atoms with Crippen LogP contribution in [0.25, 0.3) is 22.2 Å². The Morgan fingerprint density at radius 1 is 1.18 bits per heavy atom. The molecule has 0 saturated carbocycles. The summed E-state index contributed by atoms with van der Waals surface area (Å²) in [6.07, 6.45) is 2.70. The highest BCUT2D eigenvalue weighted by molar-refractivity contribution is 6.00. The van der Waals surface area contributed by atoms with Crippen LogP contribution in [0, 0.1) is 5.53 Å². The number of nitrogens with zero attached hydrogens (tertiary/aromatic N) is 6. The molecule has 4 rings (SSSR count). The molecule has 0 aliphatic heterocycles. The number of anilines is 2. The van der Waals surface area contributed by atoms with Crippen molar-refractivity contribution in [2.45, 2.75) is 25.6 Å². The van der Waals surface area contributed by atoms with Crippen LogP contribution in [0.4, 0.5) is 24.7 Å². The third kappa shape index (κ3) is 4.42. The lowest BCUT2D eigenvalue weighted by Gasteiger charge is -2.18. The van der Waals surface area contributed by atoms with Gasteiger partial charge >= 0.3 is 6.18 Å². The number of aromatic nitrogens is 5. The van der Waals surface area contributed by atoms with Crippen LogP contribution in [0.15, 0.2) is 72.3 Å². The van der Waals surface area contributed by atoms with Gasteiger partial charge in [-0.05, 0) is 18.6 Å². The van der Waals surface area contributed by atoms with E-state index in [1.165, 1.54) is 6.33 Å². The first-order chi connectivity index (χ1) is 16.3. The predicted molar refractivity (Wildman–Crippen MR) is 121 cm³/mol. The lowest BCUT2D eigenvalue weighted by atomic mass is 10.1. The molecule has 3 heterocycles. The number of benzene rings is 1. The van der Waals surface area contributed by atoms with Crippen LogP contribution in [0.1, 0.15) is 25.2 Å². The van der Waals surface area contributed by atoms with Gasteiger partial charge in [-0.1, -0.05) is 25.1 Å². The van der Waals surface area contributed by atoms with Gasteiger partial charge in [0.15, 0.2) is 0 Å². The molecule has 0 saturated heterocycles. The van der Waals surface area contributed by atoms with E-state index in [9.17, 15) is 13.2 Å². The molecule has 1 atom stereocenters. The largest absolute Gasteiger partial charge is 0.451 e. The summed E-state index contributed by atoms with van der Waals surface area (Å²) in [5.41, 5.74) is 16.3.